The second-order valence-corrected chi connectivity index (χ2v) is 6.28. The van der Waals surface area contributed by atoms with Crippen LogP contribution < -0.4 is 5.76 Å². The summed E-state index contributed by atoms with van der Waals surface area (Å²) < 4.78 is 12.3. The minimum atomic E-state index is -0.407. The number of nitrogens with zero attached hydrogens (tertiary/aromatic N) is 2. The molecule has 1 aliphatic heterocycles. The van der Waals surface area contributed by atoms with Gasteiger partial charge in [-0.1, -0.05) is 6.07 Å². The zero-order chi connectivity index (χ0) is 17.1. The van der Waals surface area contributed by atoms with Gasteiger partial charge in [0.2, 0.25) is 5.91 Å². The van der Waals surface area contributed by atoms with E-state index >= 15 is 0 Å². The van der Waals surface area contributed by atoms with Crippen molar-refractivity contribution in [2.75, 3.05) is 19.8 Å². The molecule has 6 nitrogen and oxygen atoms in total. The van der Waals surface area contributed by atoms with Crippen LogP contribution in [0.4, 0.5) is 0 Å². The highest BCUT2D eigenvalue weighted by molar-refractivity contribution is 5.77. The molecule has 0 spiro atoms. The third-order valence-electron chi connectivity index (χ3n) is 4.58. The van der Waals surface area contributed by atoms with Crippen molar-refractivity contribution in [3.8, 4) is 0 Å². The van der Waals surface area contributed by atoms with Crippen molar-refractivity contribution in [1.82, 2.24) is 9.47 Å². The Balaban J connectivity index is 1.69. The lowest BCUT2D eigenvalue weighted by molar-refractivity contribution is -0.133. The number of rotatable bonds is 6. The zero-order valence-corrected chi connectivity index (χ0v) is 14.3. The molecule has 0 radical (unpaired) electrons. The first-order valence-electron chi connectivity index (χ1n) is 8.57. The van der Waals surface area contributed by atoms with Crippen LogP contribution in [0.2, 0.25) is 0 Å². The fourth-order valence-corrected chi connectivity index (χ4v) is 3.33. The molecular weight excluding hydrogens is 308 g/mol. The molecular formula is C18H24N2O4. The third-order valence-corrected chi connectivity index (χ3v) is 4.58. The number of carbonyl (C=O) groups is 1. The van der Waals surface area contributed by atoms with E-state index in [1.807, 2.05) is 30.9 Å². The monoisotopic (exact) mass is 332 g/mol. The maximum absolute atomic E-state index is 12.6. The van der Waals surface area contributed by atoms with Gasteiger partial charge in [0.1, 0.15) is 0 Å². The predicted molar refractivity (Wildman–Crippen MR) is 91.1 cm³/mol. The molecule has 3 rings (SSSR count). The molecule has 0 aliphatic carbocycles. The van der Waals surface area contributed by atoms with Crippen molar-refractivity contribution < 1.29 is 13.9 Å². The van der Waals surface area contributed by atoms with Crippen LogP contribution in [0.15, 0.2) is 27.4 Å². The van der Waals surface area contributed by atoms with Crippen molar-refractivity contribution in [2.45, 2.75) is 45.7 Å². The number of likely N-dealkylation sites (tertiary alicyclic amines) is 1. The lowest BCUT2D eigenvalue weighted by Gasteiger charge is -2.24. The molecule has 0 unspecified atom stereocenters. The predicted octanol–water partition coefficient (Wildman–Crippen LogP) is 2.32. The van der Waals surface area contributed by atoms with E-state index in [-0.39, 0.29) is 11.9 Å². The van der Waals surface area contributed by atoms with Gasteiger partial charge in [0.05, 0.1) is 18.2 Å². The summed E-state index contributed by atoms with van der Waals surface area (Å²) in [4.78, 5) is 26.5. The zero-order valence-electron chi connectivity index (χ0n) is 14.3. The van der Waals surface area contributed by atoms with Crippen LogP contribution in [-0.2, 0) is 16.1 Å². The van der Waals surface area contributed by atoms with Gasteiger partial charge in [0.15, 0.2) is 5.58 Å². The summed E-state index contributed by atoms with van der Waals surface area (Å²) in [5.41, 5.74) is 2.37. The Bertz CT molecular complexity index is 777. The SMILES string of the molecule is CCOC[C@H]1CCCN1C(=O)CCn1c(=O)oc2ccc(C)cc21. The number of fused-ring (bicyclic) bond motifs is 1. The second-order valence-electron chi connectivity index (χ2n) is 6.28. The normalized spacial score (nSPS) is 17.8. The summed E-state index contributed by atoms with van der Waals surface area (Å²) in [5.74, 6) is -0.332. The van der Waals surface area contributed by atoms with Crippen molar-refractivity contribution >= 4 is 17.0 Å². The molecule has 24 heavy (non-hydrogen) atoms. The fraction of sp³-hybridized carbons (Fsp3) is 0.556. The van der Waals surface area contributed by atoms with E-state index in [1.165, 1.54) is 0 Å². The summed E-state index contributed by atoms with van der Waals surface area (Å²) in [6, 6.07) is 5.78. The van der Waals surface area contributed by atoms with Gasteiger partial charge in [0.25, 0.3) is 0 Å². The van der Waals surface area contributed by atoms with Crippen LogP contribution in [0.5, 0.6) is 0 Å². The molecule has 1 saturated heterocycles. The van der Waals surface area contributed by atoms with Crippen LogP contribution in [0, 0.1) is 6.92 Å². The van der Waals surface area contributed by atoms with Gasteiger partial charge in [0, 0.05) is 26.1 Å². The van der Waals surface area contributed by atoms with Crippen LogP contribution in [0.3, 0.4) is 0 Å². The largest absolute Gasteiger partial charge is 0.419 e. The molecule has 2 aromatic rings. The summed E-state index contributed by atoms with van der Waals surface area (Å²) in [6.45, 7) is 6.29. The highest BCUT2D eigenvalue weighted by Gasteiger charge is 2.28. The quantitative estimate of drug-likeness (QED) is 0.814. The van der Waals surface area contributed by atoms with Gasteiger partial charge in [-0.15, -0.1) is 0 Å². The molecule has 1 aromatic heterocycles. The average Bonchev–Trinajstić information content (AvgIpc) is 3.14. The summed E-state index contributed by atoms with van der Waals surface area (Å²) >= 11 is 0. The van der Waals surface area contributed by atoms with Crippen molar-refractivity contribution in [2.24, 2.45) is 0 Å². The lowest BCUT2D eigenvalue weighted by atomic mass is 10.2. The molecule has 6 heteroatoms. The Morgan fingerprint density at radius 2 is 2.25 bits per heavy atom. The Labute approximate surface area is 141 Å². The van der Waals surface area contributed by atoms with E-state index in [2.05, 4.69) is 0 Å². The number of benzene rings is 1. The van der Waals surface area contributed by atoms with Crippen LogP contribution in [0.1, 0.15) is 31.7 Å². The molecule has 1 aliphatic rings. The minimum Gasteiger partial charge on any atom is -0.408 e. The number of hydrogen-bond acceptors (Lipinski definition) is 4. The summed E-state index contributed by atoms with van der Waals surface area (Å²) in [5, 5.41) is 0. The standard InChI is InChI=1S/C18H24N2O4/c1-3-23-12-14-5-4-9-19(14)17(21)8-10-20-15-11-13(2)6-7-16(15)24-18(20)22/h6-7,11,14H,3-5,8-10,12H2,1-2H3/t14-/m1/s1. The first-order chi connectivity index (χ1) is 11.6. The van der Waals surface area contributed by atoms with Gasteiger partial charge in [-0.05, 0) is 44.4 Å². The van der Waals surface area contributed by atoms with Crippen molar-refractivity contribution in [1.29, 1.82) is 0 Å². The molecule has 1 aromatic carbocycles. The van der Waals surface area contributed by atoms with Gasteiger partial charge < -0.3 is 14.1 Å². The second kappa shape index (κ2) is 7.21. The molecule has 130 valence electrons. The van der Waals surface area contributed by atoms with Crippen molar-refractivity contribution in [3.63, 3.8) is 0 Å². The van der Waals surface area contributed by atoms with Gasteiger partial charge in [-0.3, -0.25) is 9.36 Å². The average molecular weight is 332 g/mol. The molecule has 0 N–H and O–H groups in total. The van der Waals surface area contributed by atoms with Crippen LogP contribution >= 0.6 is 0 Å². The Kier molecular flexibility index (Phi) is 5.04. The highest BCUT2D eigenvalue weighted by atomic mass is 16.5. The van der Waals surface area contributed by atoms with Crippen LogP contribution in [0.25, 0.3) is 11.1 Å². The van der Waals surface area contributed by atoms with Gasteiger partial charge in [-0.2, -0.15) is 0 Å². The number of aryl methyl sites for hydroxylation is 2. The van der Waals surface area contributed by atoms with Gasteiger partial charge >= 0.3 is 5.76 Å². The first kappa shape index (κ1) is 16.8. The third kappa shape index (κ3) is 3.38. The minimum absolute atomic E-state index is 0.0751. The highest BCUT2D eigenvalue weighted by Crippen LogP contribution is 2.20. The Morgan fingerprint density at radius 1 is 1.42 bits per heavy atom. The number of aromatic nitrogens is 1. The maximum atomic E-state index is 12.6. The molecule has 2 heterocycles. The Morgan fingerprint density at radius 3 is 3.04 bits per heavy atom. The topological polar surface area (TPSA) is 64.7 Å². The van der Waals surface area contributed by atoms with Crippen LogP contribution in [-0.4, -0.2) is 41.2 Å². The van der Waals surface area contributed by atoms with E-state index < -0.39 is 5.76 Å². The van der Waals surface area contributed by atoms with E-state index in [0.29, 0.717) is 31.8 Å². The van der Waals surface area contributed by atoms with Crippen molar-refractivity contribution in [3.05, 3.63) is 34.3 Å². The van der Waals surface area contributed by atoms with Gasteiger partial charge in [-0.25, -0.2) is 4.79 Å². The lowest BCUT2D eigenvalue weighted by Crippen LogP contribution is -2.39. The number of oxazole rings is 1. The summed E-state index contributed by atoms with van der Waals surface area (Å²) in [7, 11) is 0. The maximum Gasteiger partial charge on any atom is 0.419 e. The molecule has 0 saturated carbocycles. The molecule has 1 fully saturated rings. The van der Waals surface area contributed by atoms with E-state index in [0.717, 1.165) is 30.5 Å². The number of carbonyl (C=O) groups excluding carboxylic acids is 1. The number of hydrogen-bond donors (Lipinski definition) is 0. The van der Waals surface area contributed by atoms with E-state index in [9.17, 15) is 9.59 Å². The Hall–Kier alpha value is -2.08. The number of ether oxygens (including phenoxy) is 1. The molecule has 1 atom stereocenters. The van der Waals surface area contributed by atoms with E-state index in [1.54, 1.807) is 10.6 Å². The smallest absolute Gasteiger partial charge is 0.408 e. The summed E-state index contributed by atoms with van der Waals surface area (Å²) in [6.07, 6.45) is 2.29. The fourth-order valence-electron chi connectivity index (χ4n) is 3.33. The molecule has 1 amide bonds. The van der Waals surface area contributed by atoms with E-state index in [4.69, 9.17) is 9.15 Å². The first-order valence-corrected chi connectivity index (χ1v) is 8.57. The number of amides is 1. The molecule has 0 bridgehead atoms.